The number of aromatic nitrogens is 1. The summed E-state index contributed by atoms with van der Waals surface area (Å²) in [6.45, 7) is -0.613. The van der Waals surface area contributed by atoms with E-state index in [1.54, 1.807) is 36.4 Å². The Morgan fingerprint density at radius 3 is 2.26 bits per heavy atom. The number of hydrogen-bond acceptors (Lipinski definition) is 12. The number of aromatic amines is 1. The molecule has 0 saturated carbocycles. The van der Waals surface area contributed by atoms with Crippen molar-refractivity contribution in [2.75, 3.05) is 19.7 Å². The third kappa shape index (κ3) is 13.3. The number of fused-ring (bicyclic) bond motifs is 3. The zero-order chi connectivity index (χ0) is 58.2. The van der Waals surface area contributed by atoms with Crippen LogP contribution in [-0.4, -0.2) is 138 Å². The zero-order valence-corrected chi connectivity index (χ0v) is 45.2. The Kier molecular flexibility index (Phi) is 17.8. The number of H-pyrrole nitrogens is 1. The molecule has 9 N–H and O–H groups in total. The highest BCUT2D eigenvalue weighted by molar-refractivity contribution is 7.70. The number of amides is 9. The molecular formula is C58H60N9O14P. The molecule has 4 aliphatic rings. The average Bonchev–Trinajstić information content (AvgIpc) is 4.10. The Hall–Kier alpha value is -8.97. The lowest BCUT2D eigenvalue weighted by atomic mass is 9.98. The Morgan fingerprint density at radius 2 is 1.56 bits per heavy atom. The van der Waals surface area contributed by atoms with Gasteiger partial charge in [0.05, 0.1) is 6.04 Å². The van der Waals surface area contributed by atoms with Crippen molar-refractivity contribution in [1.82, 2.24) is 41.0 Å². The number of rotatable bonds is 18. The van der Waals surface area contributed by atoms with Crippen LogP contribution in [-0.2, 0) is 44.6 Å². The molecule has 82 heavy (non-hydrogen) atoms. The van der Waals surface area contributed by atoms with Crippen LogP contribution in [0.1, 0.15) is 124 Å². The highest BCUT2D eigenvalue weighted by Crippen LogP contribution is 2.40. The van der Waals surface area contributed by atoms with Gasteiger partial charge < -0.3 is 55.9 Å². The van der Waals surface area contributed by atoms with Crippen LogP contribution in [0.25, 0.3) is 10.9 Å². The summed E-state index contributed by atoms with van der Waals surface area (Å²) in [7, 11) is -5.14. The van der Waals surface area contributed by atoms with Crippen molar-refractivity contribution in [2.24, 2.45) is 5.73 Å². The number of piperidine rings is 1. The van der Waals surface area contributed by atoms with Crippen molar-refractivity contribution < 1.29 is 67.0 Å². The molecule has 23 nitrogen and oxygen atoms in total. The molecule has 0 aliphatic carbocycles. The lowest BCUT2D eigenvalue weighted by Crippen LogP contribution is -2.62. The van der Waals surface area contributed by atoms with Gasteiger partial charge in [0.2, 0.25) is 35.4 Å². The summed E-state index contributed by atoms with van der Waals surface area (Å²) in [5.41, 5.74) is 7.11. The van der Waals surface area contributed by atoms with E-state index in [2.05, 4.69) is 38.1 Å². The van der Waals surface area contributed by atoms with Crippen molar-refractivity contribution >= 4 is 77.4 Å². The van der Waals surface area contributed by atoms with E-state index in [1.807, 2.05) is 42.5 Å². The number of benzene rings is 4. The molecule has 1 unspecified atom stereocenters. The van der Waals surface area contributed by atoms with E-state index < -0.39 is 91.6 Å². The molecule has 3 fully saturated rings. The molecule has 0 bridgehead atoms. The first-order valence-corrected chi connectivity index (χ1v) is 28.5. The molecule has 9 rings (SSSR count). The molecule has 0 spiro atoms. The molecule has 5 aromatic rings. The minimum absolute atomic E-state index is 0.0918. The molecule has 5 atom stereocenters. The van der Waals surface area contributed by atoms with Gasteiger partial charge in [-0.3, -0.25) is 53.0 Å². The third-order valence-electron chi connectivity index (χ3n) is 15.1. The van der Waals surface area contributed by atoms with E-state index in [-0.39, 0.29) is 86.1 Å². The summed E-state index contributed by atoms with van der Waals surface area (Å²) < 4.78 is 16.8. The molecule has 0 radical (unpaired) electrons. The van der Waals surface area contributed by atoms with Crippen LogP contribution in [0.15, 0.2) is 103 Å². The molecule has 1 aromatic heterocycles. The highest BCUT2D eigenvalue weighted by atomic mass is 31.2. The maximum Gasteiger partial charge on any atom is 0.404 e. The molecule has 4 aromatic carbocycles. The van der Waals surface area contributed by atoms with Gasteiger partial charge in [-0.1, -0.05) is 85.0 Å². The van der Waals surface area contributed by atoms with Gasteiger partial charge in [-0.15, -0.1) is 0 Å². The molecule has 4 aliphatic heterocycles. The first-order chi connectivity index (χ1) is 39.3. The van der Waals surface area contributed by atoms with Gasteiger partial charge in [-0.25, -0.2) is 4.79 Å². The first kappa shape index (κ1) is 57.7. The second kappa shape index (κ2) is 25.2. The third-order valence-corrected chi connectivity index (χ3v) is 15.9. The molecule has 426 valence electrons. The van der Waals surface area contributed by atoms with Gasteiger partial charge in [-0.2, -0.15) is 0 Å². The lowest BCUT2D eigenvalue weighted by molar-refractivity contribution is -0.146. The topological polar surface area (TPSA) is 337 Å². The van der Waals surface area contributed by atoms with Gasteiger partial charge in [0, 0.05) is 72.5 Å². The van der Waals surface area contributed by atoms with Crippen LogP contribution in [0.2, 0.25) is 0 Å². The number of carbonyl (C=O) groups excluding carboxylic acids is 10. The smallest absolute Gasteiger partial charge is 0.404 e. The minimum atomic E-state index is -5.14. The van der Waals surface area contributed by atoms with Crippen LogP contribution in [0.5, 0.6) is 0 Å². The average molecular weight is 1140 g/mol. The fraction of sp³-hybridized carbons (Fsp3) is 0.345. The Morgan fingerprint density at radius 1 is 0.829 bits per heavy atom. The van der Waals surface area contributed by atoms with Crippen LogP contribution in [0, 0.1) is 11.8 Å². The summed E-state index contributed by atoms with van der Waals surface area (Å²) in [5, 5.41) is 10.9. The van der Waals surface area contributed by atoms with Gasteiger partial charge >= 0.3 is 13.7 Å². The van der Waals surface area contributed by atoms with E-state index in [0.717, 1.165) is 11.1 Å². The molecular weight excluding hydrogens is 1080 g/mol. The zero-order valence-electron chi connectivity index (χ0n) is 44.3. The van der Waals surface area contributed by atoms with E-state index in [1.165, 1.54) is 39.0 Å². The summed E-state index contributed by atoms with van der Waals surface area (Å²) >= 11 is 0. The number of carbonyl (C=O) groups is 10. The minimum Gasteiger partial charge on any atom is -0.447 e. The van der Waals surface area contributed by atoms with E-state index >= 15 is 4.79 Å². The summed E-state index contributed by atoms with van der Waals surface area (Å²) in [6, 6.07) is 22.3. The Labute approximate surface area is 470 Å². The first-order valence-electron chi connectivity index (χ1n) is 26.9. The molecule has 9 amide bonds. The van der Waals surface area contributed by atoms with Gasteiger partial charge in [0.25, 0.3) is 17.3 Å². The molecule has 5 heterocycles. The maximum absolute atomic E-state index is 15.0. The van der Waals surface area contributed by atoms with Crippen molar-refractivity contribution in [3.8, 4) is 11.8 Å². The summed E-state index contributed by atoms with van der Waals surface area (Å²) in [6.07, 6.45) is 2.16. The second-order valence-electron chi connectivity index (χ2n) is 20.5. The predicted molar refractivity (Wildman–Crippen MR) is 294 cm³/mol. The predicted octanol–water partition coefficient (Wildman–Crippen LogP) is 3.43. The van der Waals surface area contributed by atoms with Crippen LogP contribution < -0.4 is 27.0 Å². The largest absolute Gasteiger partial charge is 0.447 e. The lowest BCUT2D eigenvalue weighted by Gasteiger charge is -2.39. The van der Waals surface area contributed by atoms with Crippen LogP contribution in [0.4, 0.5) is 4.79 Å². The number of nitrogens with one attached hydrogen (secondary N) is 5. The quantitative estimate of drug-likeness (QED) is 0.0270. The van der Waals surface area contributed by atoms with Gasteiger partial charge in [0.15, 0.2) is 0 Å². The van der Waals surface area contributed by atoms with Crippen LogP contribution in [0.3, 0.4) is 0 Å². The van der Waals surface area contributed by atoms with Crippen molar-refractivity contribution in [2.45, 2.75) is 107 Å². The van der Waals surface area contributed by atoms with E-state index in [4.69, 9.17) is 10.5 Å². The molecule has 3 saturated heterocycles. The number of hydrogen-bond donors (Lipinski definition) is 8. The number of nitrogens with two attached hydrogens (primary N) is 1. The second-order valence-corrected chi connectivity index (χ2v) is 22.0. The highest BCUT2D eigenvalue weighted by Gasteiger charge is 2.47. The summed E-state index contributed by atoms with van der Waals surface area (Å²) in [4.78, 5) is 160. The number of nitrogens with zero attached hydrogens (tertiary/aromatic N) is 3. The summed E-state index contributed by atoms with van der Waals surface area (Å²) in [5.74, 6) is 1.88. The Bertz CT molecular complexity index is 3430. The molecule has 24 heteroatoms. The SMILES string of the molecule is NC(=O)OC[C@H](NC(=O)[C@@H]1CC[C@@H]2CCN(C(=O)CCCCCC#Cc3cccc4c3CN(C3CCC(=O)NC3=O)C4=O)C[C@H](NC(=O)c3cc4cc(C(=O)P(=O)(O)O)ccc4[nH]3)C(=O)N21)C(=O)NC(c1ccccc1)c1ccccc1. The number of ether oxygens (including phenoxy) is 1. The van der Waals surface area contributed by atoms with Crippen molar-refractivity contribution in [3.05, 3.63) is 142 Å². The normalized spacial score (nSPS) is 19.2. The van der Waals surface area contributed by atoms with Gasteiger partial charge in [-0.05, 0) is 91.6 Å². The number of imide groups is 1. The van der Waals surface area contributed by atoms with Crippen molar-refractivity contribution in [3.63, 3.8) is 0 Å². The van der Waals surface area contributed by atoms with Gasteiger partial charge in [0.1, 0.15) is 36.5 Å². The maximum atomic E-state index is 15.0. The monoisotopic (exact) mass is 1140 g/mol. The Balaban J connectivity index is 0.882. The van der Waals surface area contributed by atoms with Crippen LogP contribution >= 0.6 is 7.60 Å². The van der Waals surface area contributed by atoms with Crippen molar-refractivity contribution in [1.29, 1.82) is 0 Å². The standard InChI is InChI=1S/C58H60N9O14P/c59-58(77)81-33-45(52(71)64-50(35-14-7-4-8-15-35)36-16-9-5-10-17-36)62-54(73)47-24-22-39-27-28-65(32-44(56(75)67(39)47)61-51(70)43-30-38-29-37(21-23-42(38)60-43)57(76)82(78,79)80)49(69)20-11-3-1-2-6-13-34-18-12-19-40-41(34)31-66(55(40)74)46-25-26-48(68)63-53(46)72/h4-5,7-10,12,14-19,21,23,29-30,39,44-47,50,60H,1-3,11,20,22,24-28,31-33H2,(H2,59,77)(H,61,70)(H,62,73)(H,64,71)(H,63,68,72)(H2,78,79,80)/t39-,44+,45+,46?,47+/m1/s1. The van der Waals surface area contributed by atoms with E-state index in [9.17, 15) is 57.5 Å². The number of unbranched alkanes of at least 4 members (excludes halogenated alkanes) is 3. The number of primary amides is 1. The fourth-order valence-corrected chi connectivity index (χ4v) is 11.4. The van der Waals surface area contributed by atoms with E-state index in [0.29, 0.717) is 54.3 Å². The fourth-order valence-electron chi connectivity index (χ4n) is 11.0.